The highest BCUT2D eigenvalue weighted by Gasteiger charge is 2.32. The second-order valence-corrected chi connectivity index (χ2v) is 12.3. The van der Waals surface area contributed by atoms with Crippen molar-refractivity contribution in [3.8, 4) is 0 Å². The van der Waals surface area contributed by atoms with Crippen LogP contribution >= 0.6 is 0 Å². The Kier molecular flexibility index (Phi) is 6.35. The van der Waals surface area contributed by atoms with Gasteiger partial charge in [-0.15, -0.1) is 0 Å². The van der Waals surface area contributed by atoms with E-state index in [1.807, 2.05) is 61.5 Å². The fourth-order valence-electron chi connectivity index (χ4n) is 5.26. The zero-order valence-electron chi connectivity index (χ0n) is 22.3. The number of hydrazone groups is 1. The van der Waals surface area contributed by atoms with Crippen molar-refractivity contribution < 1.29 is 8.42 Å². The van der Waals surface area contributed by atoms with Crippen molar-refractivity contribution in [2.24, 2.45) is 5.10 Å². The fourth-order valence-corrected chi connectivity index (χ4v) is 6.63. The van der Waals surface area contributed by atoms with E-state index in [1.54, 1.807) is 18.3 Å². The summed E-state index contributed by atoms with van der Waals surface area (Å²) in [4.78, 5) is 0.266. The predicted molar refractivity (Wildman–Crippen MR) is 159 cm³/mol. The van der Waals surface area contributed by atoms with Crippen molar-refractivity contribution in [1.82, 2.24) is 3.97 Å². The van der Waals surface area contributed by atoms with Gasteiger partial charge >= 0.3 is 0 Å². The number of anilines is 1. The molecule has 0 saturated heterocycles. The average Bonchev–Trinajstić information content (AvgIpc) is 3.57. The lowest BCUT2D eigenvalue weighted by atomic mass is 9.95. The Balaban J connectivity index is 1.47. The first-order chi connectivity index (χ1) is 18.8. The molecule has 4 aromatic carbocycles. The number of hydrogen-bond acceptors (Lipinski definition) is 4. The number of rotatable bonds is 6. The van der Waals surface area contributed by atoms with Crippen LogP contribution in [0.15, 0.2) is 119 Å². The third kappa shape index (κ3) is 4.55. The summed E-state index contributed by atoms with van der Waals surface area (Å²) in [7, 11) is -3.79. The number of fused-ring (bicyclic) bond motifs is 1. The number of para-hydroxylation sites is 2. The Morgan fingerprint density at radius 1 is 0.821 bits per heavy atom. The SMILES string of the molecule is Cc1ccc(S(=O)(=O)n2cc(C3=NN(c4ccccc4)C(c4ccc(C(C)C)cc4)C3)c3ccccc32)cc1. The minimum atomic E-state index is -3.79. The van der Waals surface area contributed by atoms with Crippen LogP contribution in [0.5, 0.6) is 0 Å². The van der Waals surface area contributed by atoms with Crippen LogP contribution in [-0.4, -0.2) is 18.1 Å². The summed E-state index contributed by atoms with van der Waals surface area (Å²) in [5.41, 5.74) is 6.84. The smallest absolute Gasteiger partial charge is 0.257 e. The topological polar surface area (TPSA) is 54.7 Å². The highest BCUT2D eigenvalue weighted by atomic mass is 32.2. The van der Waals surface area contributed by atoms with Crippen molar-refractivity contribution in [2.45, 2.75) is 44.0 Å². The van der Waals surface area contributed by atoms with Crippen LogP contribution in [0, 0.1) is 6.92 Å². The van der Waals surface area contributed by atoms with E-state index in [9.17, 15) is 8.42 Å². The molecule has 0 amide bonds. The number of benzene rings is 4. The lowest BCUT2D eigenvalue weighted by molar-refractivity contribution is 0.589. The van der Waals surface area contributed by atoms with Crippen LogP contribution in [0.3, 0.4) is 0 Å². The molecule has 5 aromatic rings. The van der Waals surface area contributed by atoms with Gasteiger partial charge in [0.1, 0.15) is 0 Å². The Morgan fingerprint density at radius 2 is 1.49 bits per heavy atom. The number of aryl methyl sites for hydroxylation is 1. The number of aromatic nitrogens is 1. The summed E-state index contributed by atoms with van der Waals surface area (Å²) in [6.45, 7) is 6.34. The van der Waals surface area contributed by atoms with Crippen LogP contribution < -0.4 is 5.01 Å². The van der Waals surface area contributed by atoms with E-state index in [0.717, 1.165) is 27.9 Å². The molecule has 6 rings (SSSR count). The van der Waals surface area contributed by atoms with Crippen molar-refractivity contribution >= 4 is 32.3 Å². The molecule has 196 valence electrons. The molecule has 0 radical (unpaired) electrons. The molecular weight excluding hydrogens is 502 g/mol. The second kappa shape index (κ2) is 9.86. The Bertz CT molecular complexity index is 1770. The monoisotopic (exact) mass is 533 g/mol. The van der Waals surface area contributed by atoms with Gasteiger partial charge < -0.3 is 0 Å². The summed E-state index contributed by atoms with van der Waals surface area (Å²) in [6, 6.07) is 33.6. The highest BCUT2D eigenvalue weighted by Crippen LogP contribution is 2.39. The van der Waals surface area contributed by atoms with E-state index < -0.39 is 10.0 Å². The molecular formula is C33H31N3O2S. The largest absolute Gasteiger partial charge is 0.268 e. The molecule has 1 atom stereocenters. The van der Waals surface area contributed by atoms with Gasteiger partial charge in [-0.1, -0.05) is 92.2 Å². The normalized spacial score (nSPS) is 15.7. The molecule has 1 aliphatic heterocycles. The average molecular weight is 534 g/mol. The Labute approximate surface area is 230 Å². The molecule has 6 heteroatoms. The van der Waals surface area contributed by atoms with Gasteiger partial charge in [-0.3, -0.25) is 5.01 Å². The first kappa shape index (κ1) is 25.1. The number of nitrogens with zero attached hydrogens (tertiary/aromatic N) is 3. The Morgan fingerprint density at radius 3 is 2.18 bits per heavy atom. The molecule has 1 aliphatic rings. The van der Waals surface area contributed by atoms with Crippen molar-refractivity contribution in [1.29, 1.82) is 0 Å². The molecule has 1 unspecified atom stereocenters. The minimum Gasteiger partial charge on any atom is -0.257 e. The van der Waals surface area contributed by atoms with Crippen LogP contribution in [0.1, 0.15) is 54.5 Å². The molecule has 0 N–H and O–H groups in total. The van der Waals surface area contributed by atoms with Crippen molar-refractivity contribution in [3.05, 3.63) is 132 Å². The minimum absolute atomic E-state index is 0.000528. The van der Waals surface area contributed by atoms with E-state index in [-0.39, 0.29) is 10.9 Å². The summed E-state index contributed by atoms with van der Waals surface area (Å²) >= 11 is 0. The van der Waals surface area contributed by atoms with E-state index >= 15 is 0 Å². The molecule has 0 fully saturated rings. The highest BCUT2D eigenvalue weighted by molar-refractivity contribution is 7.90. The van der Waals surface area contributed by atoms with Gasteiger partial charge in [0.15, 0.2) is 0 Å². The third-order valence-electron chi connectivity index (χ3n) is 7.49. The summed E-state index contributed by atoms with van der Waals surface area (Å²) < 4.78 is 28.9. The summed E-state index contributed by atoms with van der Waals surface area (Å²) in [5.74, 6) is 0.460. The summed E-state index contributed by atoms with van der Waals surface area (Å²) in [5, 5.41) is 8.06. The van der Waals surface area contributed by atoms with Crippen LogP contribution in [0.2, 0.25) is 0 Å². The fraction of sp³-hybridized carbons (Fsp3) is 0.182. The molecule has 5 nitrogen and oxygen atoms in total. The molecule has 2 heterocycles. The lowest BCUT2D eigenvalue weighted by Gasteiger charge is -2.24. The van der Waals surface area contributed by atoms with E-state index in [4.69, 9.17) is 5.10 Å². The maximum atomic E-state index is 13.8. The molecule has 0 bridgehead atoms. The van der Waals surface area contributed by atoms with E-state index in [2.05, 4.69) is 55.3 Å². The molecule has 1 aromatic heterocycles. The molecule has 0 aliphatic carbocycles. The Hall–Kier alpha value is -4.16. The van der Waals surface area contributed by atoms with E-state index in [1.165, 1.54) is 15.1 Å². The third-order valence-corrected chi connectivity index (χ3v) is 9.17. The van der Waals surface area contributed by atoms with Crippen LogP contribution in [-0.2, 0) is 10.0 Å². The van der Waals surface area contributed by atoms with E-state index in [0.29, 0.717) is 17.9 Å². The molecule has 39 heavy (non-hydrogen) atoms. The van der Waals surface area contributed by atoms with Crippen molar-refractivity contribution in [2.75, 3.05) is 5.01 Å². The first-order valence-corrected chi connectivity index (χ1v) is 14.7. The van der Waals surface area contributed by atoms with Crippen LogP contribution in [0.25, 0.3) is 10.9 Å². The van der Waals surface area contributed by atoms with Gasteiger partial charge in [0.05, 0.1) is 27.9 Å². The standard InChI is InChI=1S/C33H31N3O2S/c1-23(2)25-15-17-26(18-16-25)33-21-31(34-36(33)27-9-5-4-6-10-27)30-22-35(32-12-8-7-11-29(30)32)39(37,38)28-19-13-24(3)14-20-28/h4-20,22-23,33H,21H2,1-3H3. The quantitative estimate of drug-likeness (QED) is 0.225. The maximum Gasteiger partial charge on any atom is 0.268 e. The van der Waals surface area contributed by atoms with Gasteiger partial charge in [0, 0.05) is 23.6 Å². The zero-order valence-corrected chi connectivity index (χ0v) is 23.1. The second-order valence-electron chi connectivity index (χ2n) is 10.4. The van der Waals surface area contributed by atoms with Gasteiger partial charge in [-0.2, -0.15) is 5.10 Å². The maximum absolute atomic E-state index is 13.8. The predicted octanol–water partition coefficient (Wildman–Crippen LogP) is 7.67. The van der Waals surface area contributed by atoms with Crippen LogP contribution in [0.4, 0.5) is 5.69 Å². The van der Waals surface area contributed by atoms with Crippen molar-refractivity contribution in [3.63, 3.8) is 0 Å². The molecule has 0 saturated carbocycles. The lowest BCUT2D eigenvalue weighted by Crippen LogP contribution is -2.18. The van der Waals surface area contributed by atoms with Gasteiger partial charge in [0.25, 0.3) is 10.0 Å². The summed E-state index contributed by atoms with van der Waals surface area (Å²) in [6.07, 6.45) is 2.40. The van der Waals surface area contributed by atoms with Gasteiger partial charge in [-0.25, -0.2) is 12.4 Å². The first-order valence-electron chi connectivity index (χ1n) is 13.3. The zero-order chi connectivity index (χ0) is 27.1. The number of hydrogen-bond donors (Lipinski definition) is 0. The van der Waals surface area contributed by atoms with Gasteiger partial charge in [0.2, 0.25) is 0 Å². The molecule has 0 spiro atoms. The van der Waals surface area contributed by atoms with Gasteiger partial charge in [-0.05, 0) is 54.3 Å².